The second-order valence-electron chi connectivity index (χ2n) is 4.14. The Morgan fingerprint density at radius 1 is 1.45 bits per heavy atom. The summed E-state index contributed by atoms with van der Waals surface area (Å²) in [5, 5.41) is 6.61. The van der Waals surface area contributed by atoms with Gasteiger partial charge in [-0.25, -0.2) is 13.1 Å². The van der Waals surface area contributed by atoms with Crippen LogP contribution < -0.4 is 9.46 Å². The molecule has 0 bridgehead atoms. The number of nitrogens with one attached hydrogen (secondary N) is 2. The van der Waals surface area contributed by atoms with E-state index in [0.717, 1.165) is 11.3 Å². The lowest BCUT2D eigenvalue weighted by Gasteiger charge is -2.08. The molecule has 1 heterocycles. The summed E-state index contributed by atoms with van der Waals surface area (Å²) in [7, 11) is -2.06. The Balaban J connectivity index is 2.18. The van der Waals surface area contributed by atoms with Gasteiger partial charge in [0.2, 0.25) is 10.0 Å². The number of hydrogen-bond acceptors (Lipinski definition) is 4. The summed E-state index contributed by atoms with van der Waals surface area (Å²) in [5.41, 5.74) is 1.64. The molecule has 0 aliphatic rings. The third kappa shape index (κ3) is 3.20. The normalized spacial score (nSPS) is 11.6. The number of methoxy groups -OCH3 is 1. The number of rotatable bonds is 5. The predicted molar refractivity (Wildman–Crippen MR) is 78.0 cm³/mol. The van der Waals surface area contributed by atoms with Gasteiger partial charge in [-0.15, -0.1) is 0 Å². The average Bonchev–Trinajstić information content (AvgIpc) is 2.82. The van der Waals surface area contributed by atoms with Gasteiger partial charge in [-0.05, 0) is 41.1 Å². The lowest BCUT2D eigenvalue weighted by atomic mass is 10.3. The number of aromatic amines is 1. The monoisotopic (exact) mass is 359 g/mol. The molecule has 20 heavy (non-hydrogen) atoms. The first kappa shape index (κ1) is 15.0. The number of H-pyrrole nitrogens is 1. The fraction of sp³-hybridized carbons (Fsp3) is 0.250. The van der Waals surface area contributed by atoms with Crippen LogP contribution in [0.2, 0.25) is 0 Å². The highest BCUT2D eigenvalue weighted by atomic mass is 79.9. The summed E-state index contributed by atoms with van der Waals surface area (Å²) in [4.78, 5) is 0.173. The van der Waals surface area contributed by atoms with Gasteiger partial charge in [-0.1, -0.05) is 0 Å². The minimum atomic E-state index is -3.58. The predicted octanol–water partition coefficient (Wildman–Crippen LogP) is 1.97. The maximum absolute atomic E-state index is 12.2. The number of halogens is 1. The van der Waals surface area contributed by atoms with Crippen LogP contribution in [0.5, 0.6) is 5.75 Å². The Morgan fingerprint density at radius 2 is 2.20 bits per heavy atom. The zero-order chi connectivity index (χ0) is 14.8. The van der Waals surface area contributed by atoms with Crippen LogP contribution in [0, 0.1) is 6.92 Å². The van der Waals surface area contributed by atoms with Gasteiger partial charge in [0, 0.05) is 17.8 Å². The van der Waals surface area contributed by atoms with E-state index in [0.29, 0.717) is 10.2 Å². The molecule has 0 radical (unpaired) electrons. The van der Waals surface area contributed by atoms with E-state index < -0.39 is 10.0 Å². The summed E-state index contributed by atoms with van der Waals surface area (Å²) in [5.74, 6) is 0.578. The van der Waals surface area contributed by atoms with Crippen molar-refractivity contribution in [3.05, 3.63) is 40.1 Å². The van der Waals surface area contributed by atoms with Gasteiger partial charge in [0.15, 0.2) is 0 Å². The summed E-state index contributed by atoms with van der Waals surface area (Å²) in [6.45, 7) is 2.02. The van der Waals surface area contributed by atoms with Crippen molar-refractivity contribution in [2.24, 2.45) is 0 Å². The van der Waals surface area contributed by atoms with Crippen LogP contribution in [0.4, 0.5) is 0 Å². The zero-order valence-corrected chi connectivity index (χ0v) is 13.4. The van der Waals surface area contributed by atoms with Crippen LogP contribution in [0.25, 0.3) is 0 Å². The summed E-state index contributed by atoms with van der Waals surface area (Å²) in [6.07, 6.45) is 1.60. The van der Waals surface area contributed by atoms with Crippen molar-refractivity contribution in [1.82, 2.24) is 14.9 Å². The Bertz CT molecular complexity index is 712. The highest BCUT2D eigenvalue weighted by molar-refractivity contribution is 9.10. The average molecular weight is 360 g/mol. The number of ether oxygens (including phenoxy) is 1. The van der Waals surface area contributed by atoms with E-state index in [1.54, 1.807) is 12.3 Å². The maximum Gasteiger partial charge on any atom is 0.240 e. The number of sulfonamides is 1. The van der Waals surface area contributed by atoms with E-state index in [2.05, 4.69) is 30.8 Å². The van der Waals surface area contributed by atoms with E-state index in [1.165, 1.54) is 19.2 Å². The lowest BCUT2D eigenvalue weighted by molar-refractivity contribution is 0.411. The van der Waals surface area contributed by atoms with E-state index in [1.807, 2.05) is 6.92 Å². The highest BCUT2D eigenvalue weighted by Gasteiger charge is 2.16. The summed E-state index contributed by atoms with van der Waals surface area (Å²) < 4.78 is 32.6. The molecule has 2 rings (SSSR count). The van der Waals surface area contributed by atoms with E-state index in [4.69, 9.17) is 4.74 Å². The van der Waals surface area contributed by atoms with Crippen molar-refractivity contribution in [2.45, 2.75) is 18.4 Å². The van der Waals surface area contributed by atoms with Crippen LogP contribution in [0.3, 0.4) is 0 Å². The number of aromatic nitrogens is 2. The van der Waals surface area contributed by atoms with Gasteiger partial charge in [0.25, 0.3) is 0 Å². The number of hydrogen-bond donors (Lipinski definition) is 2. The molecule has 1 aromatic heterocycles. The smallest absolute Gasteiger partial charge is 0.240 e. The van der Waals surface area contributed by atoms with Crippen LogP contribution >= 0.6 is 15.9 Å². The van der Waals surface area contributed by atoms with Gasteiger partial charge in [-0.2, -0.15) is 5.10 Å². The van der Waals surface area contributed by atoms with Crippen molar-refractivity contribution in [1.29, 1.82) is 0 Å². The van der Waals surface area contributed by atoms with Crippen molar-refractivity contribution >= 4 is 26.0 Å². The molecular weight excluding hydrogens is 346 g/mol. The minimum Gasteiger partial charge on any atom is -0.496 e. The summed E-state index contributed by atoms with van der Waals surface area (Å²) in [6, 6.07) is 4.60. The SMILES string of the molecule is COc1ccc(S(=O)(=O)NCc2cn[nH]c2C)cc1Br. The van der Waals surface area contributed by atoms with Gasteiger partial charge >= 0.3 is 0 Å². The highest BCUT2D eigenvalue weighted by Crippen LogP contribution is 2.27. The molecule has 8 heteroatoms. The Hall–Kier alpha value is -1.38. The minimum absolute atomic E-state index is 0.173. The molecule has 0 aliphatic heterocycles. The Labute approximate surface area is 125 Å². The summed E-state index contributed by atoms with van der Waals surface area (Å²) >= 11 is 3.27. The molecular formula is C12H14BrN3O3S. The first-order valence-corrected chi connectivity index (χ1v) is 8.03. The van der Waals surface area contributed by atoms with Crippen LogP contribution in [-0.4, -0.2) is 25.7 Å². The fourth-order valence-electron chi connectivity index (χ4n) is 1.62. The lowest BCUT2D eigenvalue weighted by Crippen LogP contribution is -2.23. The van der Waals surface area contributed by atoms with Crippen molar-refractivity contribution in [2.75, 3.05) is 7.11 Å². The standard InChI is InChI=1S/C12H14BrN3O3S/c1-8-9(6-14-16-8)7-15-20(17,18)10-3-4-12(19-2)11(13)5-10/h3-6,15H,7H2,1-2H3,(H,14,16). The van der Waals surface area contributed by atoms with Gasteiger partial charge in [-0.3, -0.25) is 5.10 Å². The first-order valence-electron chi connectivity index (χ1n) is 5.76. The fourth-order valence-corrected chi connectivity index (χ4v) is 3.35. The third-order valence-corrected chi connectivity index (χ3v) is 4.84. The van der Waals surface area contributed by atoms with Crippen LogP contribution in [-0.2, 0) is 16.6 Å². The second kappa shape index (κ2) is 5.94. The quantitative estimate of drug-likeness (QED) is 0.854. The molecule has 2 N–H and O–H groups in total. The Morgan fingerprint density at radius 3 is 2.75 bits per heavy atom. The van der Waals surface area contributed by atoms with Crippen molar-refractivity contribution in [3.63, 3.8) is 0 Å². The van der Waals surface area contributed by atoms with Gasteiger partial charge in [0.1, 0.15) is 5.75 Å². The van der Waals surface area contributed by atoms with Crippen molar-refractivity contribution < 1.29 is 13.2 Å². The van der Waals surface area contributed by atoms with E-state index in [-0.39, 0.29) is 11.4 Å². The molecule has 0 aliphatic carbocycles. The maximum atomic E-state index is 12.2. The van der Waals surface area contributed by atoms with Crippen molar-refractivity contribution in [3.8, 4) is 5.75 Å². The zero-order valence-electron chi connectivity index (χ0n) is 11.0. The first-order chi connectivity index (χ1) is 9.44. The number of aryl methyl sites for hydroxylation is 1. The number of benzene rings is 1. The third-order valence-electron chi connectivity index (χ3n) is 2.82. The van der Waals surface area contributed by atoms with E-state index >= 15 is 0 Å². The van der Waals surface area contributed by atoms with Crippen LogP contribution in [0.1, 0.15) is 11.3 Å². The van der Waals surface area contributed by atoms with E-state index in [9.17, 15) is 8.42 Å². The molecule has 0 fully saturated rings. The molecule has 0 spiro atoms. The molecule has 0 saturated carbocycles. The largest absolute Gasteiger partial charge is 0.496 e. The molecule has 0 atom stereocenters. The number of nitrogens with zero attached hydrogens (tertiary/aromatic N) is 1. The Kier molecular flexibility index (Phi) is 4.46. The molecule has 0 saturated heterocycles. The van der Waals surface area contributed by atoms with Crippen LogP contribution in [0.15, 0.2) is 33.8 Å². The van der Waals surface area contributed by atoms with Gasteiger partial charge in [0.05, 0.1) is 22.7 Å². The second-order valence-corrected chi connectivity index (χ2v) is 6.76. The molecule has 2 aromatic rings. The molecule has 108 valence electrons. The van der Waals surface area contributed by atoms with Gasteiger partial charge < -0.3 is 4.74 Å². The molecule has 6 nitrogen and oxygen atoms in total. The molecule has 0 unspecified atom stereocenters. The molecule has 0 amide bonds. The topological polar surface area (TPSA) is 84.1 Å². The molecule has 1 aromatic carbocycles.